The zero-order valence-corrected chi connectivity index (χ0v) is 12.4. The Labute approximate surface area is 119 Å². The van der Waals surface area contributed by atoms with Crippen LogP contribution >= 0.6 is 0 Å². The molecule has 1 saturated carbocycles. The average molecular weight is 277 g/mol. The van der Waals surface area contributed by atoms with Gasteiger partial charge in [-0.2, -0.15) is 0 Å². The van der Waals surface area contributed by atoms with Crippen LogP contribution in [0.2, 0.25) is 0 Å². The van der Waals surface area contributed by atoms with E-state index in [1.807, 2.05) is 20.9 Å². The SMILES string of the molecule is CCc1nc(NC)c(C)c(NCCC(=O)NC2CC2)n1. The van der Waals surface area contributed by atoms with Crippen molar-refractivity contribution in [3.63, 3.8) is 0 Å². The molecule has 1 aliphatic rings. The number of carbonyl (C=O) groups excluding carboxylic acids is 1. The zero-order valence-electron chi connectivity index (χ0n) is 12.4. The molecule has 0 unspecified atom stereocenters. The highest BCUT2D eigenvalue weighted by Crippen LogP contribution is 2.20. The van der Waals surface area contributed by atoms with Gasteiger partial charge >= 0.3 is 0 Å². The number of hydrogen-bond donors (Lipinski definition) is 3. The Hall–Kier alpha value is -1.85. The minimum Gasteiger partial charge on any atom is -0.373 e. The molecule has 0 spiro atoms. The quantitative estimate of drug-likeness (QED) is 0.703. The summed E-state index contributed by atoms with van der Waals surface area (Å²) in [7, 11) is 1.85. The topological polar surface area (TPSA) is 78.9 Å². The van der Waals surface area contributed by atoms with Crippen LogP contribution in [0.4, 0.5) is 11.6 Å². The molecular weight excluding hydrogens is 254 g/mol. The lowest BCUT2D eigenvalue weighted by molar-refractivity contribution is -0.120. The van der Waals surface area contributed by atoms with Gasteiger partial charge in [-0.1, -0.05) is 6.92 Å². The number of aromatic nitrogens is 2. The van der Waals surface area contributed by atoms with Gasteiger partial charge in [0.25, 0.3) is 0 Å². The highest BCUT2D eigenvalue weighted by molar-refractivity contribution is 5.77. The summed E-state index contributed by atoms with van der Waals surface area (Å²) in [6, 6.07) is 0.422. The van der Waals surface area contributed by atoms with Gasteiger partial charge < -0.3 is 16.0 Å². The number of carbonyl (C=O) groups is 1. The summed E-state index contributed by atoms with van der Waals surface area (Å²) in [4.78, 5) is 20.5. The molecule has 6 heteroatoms. The maximum Gasteiger partial charge on any atom is 0.221 e. The van der Waals surface area contributed by atoms with E-state index in [0.717, 1.165) is 42.3 Å². The third-order valence-electron chi connectivity index (χ3n) is 3.33. The van der Waals surface area contributed by atoms with E-state index in [1.165, 1.54) is 0 Å². The molecule has 20 heavy (non-hydrogen) atoms. The van der Waals surface area contributed by atoms with Crippen LogP contribution in [-0.4, -0.2) is 35.5 Å². The van der Waals surface area contributed by atoms with Crippen molar-refractivity contribution in [2.24, 2.45) is 0 Å². The van der Waals surface area contributed by atoms with Crippen LogP contribution in [0.5, 0.6) is 0 Å². The number of anilines is 2. The van der Waals surface area contributed by atoms with E-state index >= 15 is 0 Å². The van der Waals surface area contributed by atoms with Gasteiger partial charge in [0.15, 0.2) is 0 Å². The smallest absolute Gasteiger partial charge is 0.221 e. The number of nitrogens with zero attached hydrogens (tertiary/aromatic N) is 2. The molecule has 0 aliphatic heterocycles. The summed E-state index contributed by atoms with van der Waals surface area (Å²) in [6.07, 6.45) is 3.49. The molecule has 0 atom stereocenters. The van der Waals surface area contributed by atoms with Gasteiger partial charge in [0.2, 0.25) is 5.91 Å². The van der Waals surface area contributed by atoms with Crippen LogP contribution in [-0.2, 0) is 11.2 Å². The van der Waals surface area contributed by atoms with Crippen molar-refractivity contribution in [2.45, 2.75) is 45.6 Å². The molecular formula is C14H23N5O. The summed E-state index contributed by atoms with van der Waals surface area (Å²) in [5, 5.41) is 9.28. The van der Waals surface area contributed by atoms with Crippen LogP contribution in [0, 0.1) is 6.92 Å². The Morgan fingerprint density at radius 2 is 2.00 bits per heavy atom. The Morgan fingerprint density at radius 1 is 1.30 bits per heavy atom. The fraction of sp³-hybridized carbons (Fsp3) is 0.643. The third kappa shape index (κ3) is 3.82. The first-order valence-electron chi connectivity index (χ1n) is 7.22. The van der Waals surface area contributed by atoms with E-state index in [0.29, 0.717) is 19.0 Å². The molecule has 110 valence electrons. The molecule has 6 nitrogen and oxygen atoms in total. The summed E-state index contributed by atoms with van der Waals surface area (Å²) in [5.41, 5.74) is 0.979. The first-order chi connectivity index (χ1) is 9.63. The molecule has 3 N–H and O–H groups in total. The van der Waals surface area contributed by atoms with E-state index in [9.17, 15) is 4.79 Å². The predicted octanol–water partition coefficient (Wildman–Crippen LogP) is 1.47. The monoisotopic (exact) mass is 277 g/mol. The maximum absolute atomic E-state index is 11.6. The Balaban J connectivity index is 1.91. The van der Waals surface area contributed by atoms with Crippen molar-refractivity contribution in [3.05, 3.63) is 11.4 Å². The molecule has 0 aromatic carbocycles. The molecule has 1 amide bonds. The molecule has 1 aliphatic carbocycles. The Bertz CT molecular complexity index is 485. The van der Waals surface area contributed by atoms with Gasteiger partial charge in [-0.25, -0.2) is 9.97 Å². The normalized spacial score (nSPS) is 13.9. The number of rotatable bonds is 7. The van der Waals surface area contributed by atoms with Gasteiger partial charge in [0.05, 0.1) is 0 Å². The van der Waals surface area contributed by atoms with E-state index in [1.54, 1.807) is 0 Å². The average Bonchev–Trinajstić information content (AvgIpc) is 3.24. The second-order valence-corrected chi connectivity index (χ2v) is 5.08. The molecule has 0 saturated heterocycles. The standard InChI is InChI=1S/C14H23N5O/c1-4-11-18-13(15-3)9(2)14(19-11)16-8-7-12(20)17-10-5-6-10/h10H,4-8H2,1-3H3,(H,17,20)(H2,15,16,18,19). The lowest BCUT2D eigenvalue weighted by atomic mass is 10.2. The van der Waals surface area contributed by atoms with Crippen molar-refractivity contribution in [2.75, 3.05) is 24.2 Å². The van der Waals surface area contributed by atoms with Gasteiger partial charge in [0, 0.05) is 38.0 Å². The van der Waals surface area contributed by atoms with Crippen molar-refractivity contribution in [1.82, 2.24) is 15.3 Å². The minimum absolute atomic E-state index is 0.108. The van der Waals surface area contributed by atoms with Crippen LogP contribution in [0.1, 0.15) is 37.6 Å². The second kappa shape index (κ2) is 6.54. The zero-order chi connectivity index (χ0) is 14.5. The molecule has 1 fully saturated rings. The molecule has 1 heterocycles. The van der Waals surface area contributed by atoms with E-state index < -0.39 is 0 Å². The molecule has 0 bridgehead atoms. The van der Waals surface area contributed by atoms with E-state index in [4.69, 9.17) is 0 Å². The van der Waals surface area contributed by atoms with E-state index in [-0.39, 0.29) is 5.91 Å². The maximum atomic E-state index is 11.6. The fourth-order valence-electron chi connectivity index (χ4n) is 1.96. The second-order valence-electron chi connectivity index (χ2n) is 5.08. The molecule has 1 aromatic heterocycles. The highest BCUT2D eigenvalue weighted by atomic mass is 16.1. The number of nitrogens with one attached hydrogen (secondary N) is 3. The highest BCUT2D eigenvalue weighted by Gasteiger charge is 2.22. The molecule has 2 rings (SSSR count). The predicted molar refractivity (Wildman–Crippen MR) is 80.0 cm³/mol. The molecule has 0 radical (unpaired) electrons. The first-order valence-corrected chi connectivity index (χ1v) is 7.22. The summed E-state index contributed by atoms with van der Waals surface area (Å²) in [6.45, 7) is 4.58. The number of amides is 1. The van der Waals surface area contributed by atoms with Crippen LogP contribution in [0.3, 0.4) is 0 Å². The first kappa shape index (κ1) is 14.6. The largest absolute Gasteiger partial charge is 0.373 e. The Morgan fingerprint density at radius 3 is 2.60 bits per heavy atom. The number of hydrogen-bond acceptors (Lipinski definition) is 5. The lowest BCUT2D eigenvalue weighted by Gasteiger charge is -2.13. The van der Waals surface area contributed by atoms with Crippen molar-refractivity contribution >= 4 is 17.5 Å². The third-order valence-corrected chi connectivity index (χ3v) is 3.33. The molecule has 1 aromatic rings. The van der Waals surface area contributed by atoms with Crippen molar-refractivity contribution in [3.8, 4) is 0 Å². The van der Waals surface area contributed by atoms with Crippen LogP contribution < -0.4 is 16.0 Å². The summed E-state index contributed by atoms with van der Waals surface area (Å²) in [5.74, 6) is 2.54. The minimum atomic E-state index is 0.108. The fourth-order valence-corrected chi connectivity index (χ4v) is 1.96. The van der Waals surface area contributed by atoms with Gasteiger partial charge in [-0.15, -0.1) is 0 Å². The van der Waals surface area contributed by atoms with Gasteiger partial charge in [0.1, 0.15) is 17.5 Å². The summed E-state index contributed by atoms with van der Waals surface area (Å²) >= 11 is 0. The Kier molecular flexibility index (Phi) is 4.76. The van der Waals surface area contributed by atoms with Gasteiger partial charge in [-0.3, -0.25) is 4.79 Å². The lowest BCUT2D eigenvalue weighted by Crippen LogP contribution is -2.27. The van der Waals surface area contributed by atoms with E-state index in [2.05, 4.69) is 25.9 Å². The van der Waals surface area contributed by atoms with Crippen LogP contribution in [0.15, 0.2) is 0 Å². The van der Waals surface area contributed by atoms with Crippen molar-refractivity contribution in [1.29, 1.82) is 0 Å². The van der Waals surface area contributed by atoms with Gasteiger partial charge in [-0.05, 0) is 19.8 Å². The van der Waals surface area contributed by atoms with Crippen molar-refractivity contribution < 1.29 is 4.79 Å². The number of aryl methyl sites for hydroxylation is 1. The summed E-state index contributed by atoms with van der Waals surface area (Å²) < 4.78 is 0. The van der Waals surface area contributed by atoms with Crippen LogP contribution in [0.25, 0.3) is 0 Å².